The van der Waals surface area contributed by atoms with E-state index in [2.05, 4.69) is 10.6 Å². The van der Waals surface area contributed by atoms with E-state index < -0.39 is 54.9 Å². The number of amides is 4. The lowest BCUT2D eigenvalue weighted by molar-refractivity contribution is -0.159. The van der Waals surface area contributed by atoms with Crippen LogP contribution in [0.15, 0.2) is 42.5 Å². The van der Waals surface area contributed by atoms with Crippen molar-refractivity contribution < 1.29 is 32.3 Å². The highest BCUT2D eigenvalue weighted by Crippen LogP contribution is 2.25. The second-order valence-electron chi connectivity index (χ2n) is 9.97. The number of nitrogens with zero attached hydrogens (tertiary/aromatic N) is 2. The number of hydrogen-bond acceptors (Lipinski definition) is 5. The Morgan fingerprint density at radius 2 is 1.80 bits per heavy atom. The fraction of sp³-hybridized carbons (Fsp3) is 0.429. The molecule has 0 bridgehead atoms. The molecule has 222 valence electrons. The number of halogens is 4. The number of fused-ring (bicyclic) bond motifs is 1. The lowest BCUT2D eigenvalue weighted by Gasteiger charge is -2.37. The van der Waals surface area contributed by atoms with Crippen LogP contribution in [0.25, 0.3) is 0 Å². The Kier molecular flexibility index (Phi) is 10.7. The molecular weight excluding hydrogens is 563 g/mol. The summed E-state index contributed by atoms with van der Waals surface area (Å²) in [4.78, 5) is 53.8. The Hall–Kier alpha value is -3.64. The molecule has 2 aromatic carbocycles. The first-order valence-electron chi connectivity index (χ1n) is 13.0. The van der Waals surface area contributed by atoms with Gasteiger partial charge >= 0.3 is 6.18 Å². The molecule has 41 heavy (non-hydrogen) atoms. The first kappa shape index (κ1) is 31.9. The molecular formula is C28H33ClF3N5O4. The van der Waals surface area contributed by atoms with E-state index in [0.717, 1.165) is 23.7 Å². The highest BCUT2D eigenvalue weighted by atomic mass is 35.5. The zero-order chi connectivity index (χ0) is 30.3. The van der Waals surface area contributed by atoms with Crippen molar-refractivity contribution in [1.82, 2.24) is 15.1 Å². The number of hydrogen-bond donors (Lipinski definition) is 3. The number of aryl methyl sites for hydroxylation is 1. The quantitative estimate of drug-likeness (QED) is 0.389. The molecule has 2 atom stereocenters. The third-order valence-electron chi connectivity index (χ3n) is 6.78. The van der Waals surface area contributed by atoms with Gasteiger partial charge in [0, 0.05) is 43.6 Å². The van der Waals surface area contributed by atoms with Crippen LogP contribution >= 0.6 is 11.6 Å². The lowest BCUT2D eigenvalue weighted by atomic mass is 9.92. The summed E-state index contributed by atoms with van der Waals surface area (Å²) < 4.78 is 38.0. The number of carbonyl (C=O) groups excluding carboxylic acids is 4. The van der Waals surface area contributed by atoms with Crippen LogP contribution < -0.4 is 16.4 Å². The van der Waals surface area contributed by atoms with Gasteiger partial charge in [0.15, 0.2) is 0 Å². The zero-order valence-electron chi connectivity index (χ0n) is 22.8. The number of anilines is 1. The number of benzene rings is 2. The van der Waals surface area contributed by atoms with Gasteiger partial charge in [-0.3, -0.25) is 19.2 Å². The first-order chi connectivity index (χ1) is 19.3. The first-order valence-corrected chi connectivity index (χ1v) is 13.4. The Labute approximate surface area is 241 Å². The van der Waals surface area contributed by atoms with Gasteiger partial charge in [0.1, 0.15) is 18.6 Å². The van der Waals surface area contributed by atoms with Crippen molar-refractivity contribution in [1.29, 1.82) is 0 Å². The maximum absolute atomic E-state index is 13.5. The predicted octanol–water partition coefficient (Wildman–Crippen LogP) is 3.17. The van der Waals surface area contributed by atoms with Crippen molar-refractivity contribution in [3.8, 4) is 0 Å². The summed E-state index contributed by atoms with van der Waals surface area (Å²) in [6.45, 7) is 0.521. The Morgan fingerprint density at radius 1 is 1.12 bits per heavy atom. The van der Waals surface area contributed by atoms with Crippen LogP contribution in [-0.2, 0) is 32.1 Å². The maximum atomic E-state index is 13.5. The molecule has 4 amide bonds. The standard InChI is InChI=1S/C28H33ClF3N5O4/c1-17-13-20(7-8-21(17)29)34-26(40)22(11-12-33)35-27(41)23-14-18-5-3-4-6-19(18)15-37(23)25(39)10-9-24(38)36(2)16-28(30,31)32/h3-8,13,22-23H,9-12,14-16,33H2,1-2H3,(H,34,40)(H,35,41)/t22-,23-/m0/s1. The van der Waals surface area contributed by atoms with E-state index in [0.29, 0.717) is 15.6 Å². The van der Waals surface area contributed by atoms with Gasteiger partial charge in [0.05, 0.1) is 0 Å². The SMILES string of the molecule is Cc1cc(NC(=O)[C@H](CCN)NC(=O)[C@@H]2Cc3ccccc3CN2C(=O)CCC(=O)N(C)CC(F)(F)F)ccc1Cl. The van der Waals surface area contributed by atoms with Crippen LogP contribution in [0, 0.1) is 6.92 Å². The molecule has 3 rings (SSSR count). The maximum Gasteiger partial charge on any atom is 0.406 e. The van der Waals surface area contributed by atoms with E-state index in [4.69, 9.17) is 17.3 Å². The number of nitrogens with two attached hydrogens (primary N) is 1. The minimum Gasteiger partial charge on any atom is -0.342 e. The summed E-state index contributed by atoms with van der Waals surface area (Å²) in [5, 5.41) is 5.98. The highest BCUT2D eigenvalue weighted by molar-refractivity contribution is 6.31. The van der Waals surface area contributed by atoms with Gasteiger partial charge in [-0.25, -0.2) is 0 Å². The van der Waals surface area contributed by atoms with Gasteiger partial charge in [-0.05, 0) is 54.8 Å². The van der Waals surface area contributed by atoms with Crippen molar-refractivity contribution in [3.63, 3.8) is 0 Å². The molecule has 0 unspecified atom stereocenters. The molecule has 9 nitrogen and oxygen atoms in total. The molecule has 4 N–H and O–H groups in total. The average Bonchev–Trinajstić information content (AvgIpc) is 2.91. The molecule has 2 aromatic rings. The number of rotatable bonds is 10. The zero-order valence-corrected chi connectivity index (χ0v) is 23.5. The molecule has 1 aliphatic heterocycles. The Bertz CT molecular complexity index is 1290. The van der Waals surface area contributed by atoms with Crippen LogP contribution in [0.1, 0.15) is 36.0 Å². The van der Waals surface area contributed by atoms with Crippen LogP contribution in [-0.4, -0.2) is 71.8 Å². The summed E-state index contributed by atoms with van der Waals surface area (Å²) in [5.74, 6) is -2.50. The largest absolute Gasteiger partial charge is 0.406 e. The summed E-state index contributed by atoms with van der Waals surface area (Å²) in [6, 6.07) is 10.2. The van der Waals surface area contributed by atoms with Crippen LogP contribution in [0.2, 0.25) is 5.02 Å². The van der Waals surface area contributed by atoms with Crippen LogP contribution in [0.5, 0.6) is 0 Å². The second kappa shape index (κ2) is 13.8. The Morgan fingerprint density at radius 3 is 2.44 bits per heavy atom. The minimum absolute atomic E-state index is 0.0669. The summed E-state index contributed by atoms with van der Waals surface area (Å²) in [5.41, 5.74) is 8.59. The molecule has 13 heteroatoms. The molecule has 1 heterocycles. The van der Waals surface area contributed by atoms with E-state index >= 15 is 0 Å². The predicted molar refractivity (Wildman–Crippen MR) is 148 cm³/mol. The average molecular weight is 596 g/mol. The van der Waals surface area contributed by atoms with E-state index in [9.17, 15) is 32.3 Å². The normalized spacial score (nSPS) is 15.5. The molecule has 0 saturated carbocycles. The van der Waals surface area contributed by atoms with Crippen molar-refractivity contribution in [2.75, 3.05) is 25.5 Å². The molecule has 0 aromatic heterocycles. The van der Waals surface area contributed by atoms with Gasteiger partial charge in [-0.1, -0.05) is 35.9 Å². The molecule has 0 aliphatic carbocycles. The number of carbonyl (C=O) groups is 4. The van der Waals surface area contributed by atoms with E-state index in [1.807, 2.05) is 12.1 Å². The van der Waals surface area contributed by atoms with Crippen molar-refractivity contribution in [2.24, 2.45) is 5.73 Å². The highest BCUT2D eigenvalue weighted by Gasteiger charge is 2.37. The van der Waals surface area contributed by atoms with Gasteiger partial charge in [-0.15, -0.1) is 0 Å². The van der Waals surface area contributed by atoms with Gasteiger partial charge in [-0.2, -0.15) is 13.2 Å². The lowest BCUT2D eigenvalue weighted by Crippen LogP contribution is -2.56. The third kappa shape index (κ3) is 8.92. The topological polar surface area (TPSA) is 125 Å². The fourth-order valence-electron chi connectivity index (χ4n) is 4.58. The summed E-state index contributed by atoms with van der Waals surface area (Å²) in [6.07, 6.45) is -5.11. The molecule has 0 spiro atoms. The van der Waals surface area contributed by atoms with E-state index in [1.165, 1.54) is 4.90 Å². The molecule has 1 aliphatic rings. The van der Waals surface area contributed by atoms with E-state index in [1.54, 1.807) is 37.3 Å². The summed E-state index contributed by atoms with van der Waals surface area (Å²) >= 11 is 6.06. The van der Waals surface area contributed by atoms with Crippen molar-refractivity contribution in [3.05, 3.63) is 64.2 Å². The molecule has 0 saturated heterocycles. The smallest absolute Gasteiger partial charge is 0.342 e. The van der Waals surface area contributed by atoms with Crippen LogP contribution in [0.3, 0.4) is 0 Å². The second-order valence-corrected chi connectivity index (χ2v) is 10.4. The number of nitrogens with one attached hydrogen (secondary N) is 2. The number of alkyl halides is 3. The van der Waals surface area contributed by atoms with E-state index in [-0.39, 0.29) is 32.4 Å². The van der Waals surface area contributed by atoms with Crippen molar-refractivity contribution >= 4 is 40.9 Å². The molecule has 0 fully saturated rings. The van der Waals surface area contributed by atoms with Crippen LogP contribution in [0.4, 0.5) is 18.9 Å². The van der Waals surface area contributed by atoms with Gasteiger partial charge in [0.25, 0.3) is 0 Å². The third-order valence-corrected chi connectivity index (χ3v) is 7.20. The van der Waals surface area contributed by atoms with Gasteiger partial charge < -0.3 is 26.2 Å². The Balaban J connectivity index is 1.74. The van der Waals surface area contributed by atoms with Crippen molar-refractivity contribution in [2.45, 2.75) is 57.4 Å². The minimum atomic E-state index is -4.56. The summed E-state index contributed by atoms with van der Waals surface area (Å²) in [7, 11) is 1.02. The molecule has 0 radical (unpaired) electrons. The fourth-order valence-corrected chi connectivity index (χ4v) is 4.70. The van der Waals surface area contributed by atoms with Gasteiger partial charge in [0.2, 0.25) is 23.6 Å². The monoisotopic (exact) mass is 595 g/mol.